The van der Waals surface area contributed by atoms with Crippen LogP contribution in [0.4, 0.5) is 0 Å². The lowest BCUT2D eigenvalue weighted by Crippen LogP contribution is -2.28. The lowest BCUT2D eigenvalue weighted by Gasteiger charge is -2.21. The van der Waals surface area contributed by atoms with Gasteiger partial charge >= 0.3 is 0 Å². The molecule has 1 fully saturated rings. The molecule has 1 aliphatic heterocycles. The molecular weight excluding hydrogens is 174 g/mol. The molecular formula is C12H25NO. The van der Waals surface area contributed by atoms with Crippen molar-refractivity contribution in [2.45, 2.75) is 71.1 Å². The molecule has 2 atom stereocenters. The molecule has 0 bridgehead atoms. The zero-order valence-corrected chi connectivity index (χ0v) is 10.0. The maximum absolute atomic E-state index is 6.01. The van der Waals surface area contributed by atoms with E-state index in [2.05, 4.69) is 27.7 Å². The predicted octanol–water partition coefficient (Wildman–Crippen LogP) is 2.71. The number of nitrogens with two attached hydrogens (primary N) is 1. The zero-order valence-electron chi connectivity index (χ0n) is 10.0. The number of rotatable bonds is 4. The Bertz CT molecular complexity index is 177. The van der Waals surface area contributed by atoms with Crippen molar-refractivity contribution >= 4 is 0 Å². The summed E-state index contributed by atoms with van der Waals surface area (Å²) in [5.41, 5.74) is 6.11. The lowest BCUT2D eigenvalue weighted by atomic mass is 9.97. The standard InChI is InChI=1S/C12H25NO/c1-9(2)11(13)6-5-10-7-8-12(3,4)14-10/h9-11H,5-8,13H2,1-4H3. The average Bonchev–Trinajstić information content (AvgIpc) is 2.41. The summed E-state index contributed by atoms with van der Waals surface area (Å²) in [6, 6.07) is 0.335. The molecule has 0 aromatic rings. The highest BCUT2D eigenvalue weighted by Crippen LogP contribution is 2.31. The summed E-state index contributed by atoms with van der Waals surface area (Å²) in [5, 5.41) is 0. The highest BCUT2D eigenvalue weighted by molar-refractivity contribution is 4.81. The minimum absolute atomic E-state index is 0.104. The monoisotopic (exact) mass is 199 g/mol. The number of ether oxygens (including phenoxy) is 1. The van der Waals surface area contributed by atoms with Gasteiger partial charge in [-0.2, -0.15) is 0 Å². The topological polar surface area (TPSA) is 35.2 Å². The molecule has 2 unspecified atom stereocenters. The first kappa shape index (κ1) is 12.0. The fourth-order valence-electron chi connectivity index (χ4n) is 1.99. The van der Waals surface area contributed by atoms with E-state index in [0.717, 1.165) is 12.8 Å². The first-order valence-corrected chi connectivity index (χ1v) is 5.84. The summed E-state index contributed by atoms with van der Waals surface area (Å²) in [6.07, 6.45) is 5.07. The zero-order chi connectivity index (χ0) is 10.8. The third-order valence-electron chi connectivity index (χ3n) is 3.23. The van der Waals surface area contributed by atoms with Crippen LogP contribution in [0, 0.1) is 5.92 Å². The van der Waals surface area contributed by atoms with E-state index in [9.17, 15) is 0 Å². The molecule has 0 amide bonds. The van der Waals surface area contributed by atoms with E-state index >= 15 is 0 Å². The molecule has 1 heterocycles. The maximum atomic E-state index is 6.01. The van der Waals surface area contributed by atoms with Gasteiger partial charge in [-0.3, -0.25) is 0 Å². The fraction of sp³-hybridized carbons (Fsp3) is 1.00. The van der Waals surface area contributed by atoms with E-state index in [0.29, 0.717) is 18.1 Å². The molecule has 1 saturated heterocycles. The quantitative estimate of drug-likeness (QED) is 0.755. The molecule has 0 radical (unpaired) electrons. The van der Waals surface area contributed by atoms with E-state index in [1.54, 1.807) is 0 Å². The van der Waals surface area contributed by atoms with Crippen LogP contribution >= 0.6 is 0 Å². The Kier molecular flexibility index (Phi) is 3.96. The first-order valence-electron chi connectivity index (χ1n) is 5.84. The summed E-state index contributed by atoms with van der Waals surface area (Å²) in [4.78, 5) is 0. The van der Waals surface area contributed by atoms with E-state index in [1.807, 2.05) is 0 Å². The highest BCUT2D eigenvalue weighted by Gasteiger charge is 2.31. The Morgan fingerprint density at radius 2 is 2.07 bits per heavy atom. The summed E-state index contributed by atoms with van der Waals surface area (Å²) >= 11 is 0. The van der Waals surface area contributed by atoms with Crippen LogP contribution in [-0.2, 0) is 4.74 Å². The third kappa shape index (κ3) is 3.58. The average molecular weight is 199 g/mol. The van der Waals surface area contributed by atoms with Crippen LogP contribution in [0.1, 0.15) is 53.4 Å². The summed E-state index contributed by atoms with van der Waals surface area (Å²) < 4.78 is 5.92. The molecule has 0 aromatic heterocycles. The smallest absolute Gasteiger partial charge is 0.0631 e. The molecule has 1 rings (SSSR count). The Morgan fingerprint density at radius 3 is 2.50 bits per heavy atom. The third-order valence-corrected chi connectivity index (χ3v) is 3.23. The van der Waals surface area contributed by atoms with Gasteiger partial charge < -0.3 is 10.5 Å². The molecule has 0 aliphatic carbocycles. The second-order valence-electron chi connectivity index (χ2n) is 5.52. The van der Waals surface area contributed by atoms with Gasteiger partial charge in [0, 0.05) is 6.04 Å². The van der Waals surface area contributed by atoms with Crippen molar-refractivity contribution in [1.29, 1.82) is 0 Å². The van der Waals surface area contributed by atoms with Crippen LogP contribution in [0.5, 0.6) is 0 Å². The molecule has 2 N–H and O–H groups in total. The second-order valence-corrected chi connectivity index (χ2v) is 5.52. The normalized spacial score (nSPS) is 28.3. The van der Waals surface area contributed by atoms with Crippen LogP contribution in [0.3, 0.4) is 0 Å². The van der Waals surface area contributed by atoms with Gasteiger partial charge in [0.05, 0.1) is 11.7 Å². The van der Waals surface area contributed by atoms with Gasteiger partial charge in [0.25, 0.3) is 0 Å². The van der Waals surface area contributed by atoms with Crippen LogP contribution in [-0.4, -0.2) is 17.7 Å². The first-order chi connectivity index (χ1) is 6.41. The molecule has 0 spiro atoms. The van der Waals surface area contributed by atoms with Gasteiger partial charge in [-0.15, -0.1) is 0 Å². The van der Waals surface area contributed by atoms with Gasteiger partial charge in [-0.1, -0.05) is 13.8 Å². The van der Waals surface area contributed by atoms with E-state index in [1.165, 1.54) is 12.8 Å². The van der Waals surface area contributed by atoms with Crippen molar-refractivity contribution in [3.63, 3.8) is 0 Å². The fourth-order valence-corrected chi connectivity index (χ4v) is 1.99. The van der Waals surface area contributed by atoms with Crippen molar-refractivity contribution in [2.24, 2.45) is 11.7 Å². The van der Waals surface area contributed by atoms with Crippen molar-refractivity contribution in [3.8, 4) is 0 Å². The summed E-state index contributed by atoms with van der Waals surface area (Å²) in [5.74, 6) is 0.587. The van der Waals surface area contributed by atoms with Gasteiger partial charge in [0.2, 0.25) is 0 Å². The second kappa shape index (κ2) is 4.63. The van der Waals surface area contributed by atoms with E-state index < -0.39 is 0 Å². The Morgan fingerprint density at radius 1 is 1.43 bits per heavy atom. The Balaban J connectivity index is 2.21. The van der Waals surface area contributed by atoms with E-state index in [-0.39, 0.29) is 5.60 Å². The van der Waals surface area contributed by atoms with Crippen molar-refractivity contribution in [2.75, 3.05) is 0 Å². The van der Waals surface area contributed by atoms with Crippen LogP contribution in [0.15, 0.2) is 0 Å². The minimum Gasteiger partial charge on any atom is -0.372 e. The Hall–Kier alpha value is -0.0800. The van der Waals surface area contributed by atoms with Gasteiger partial charge in [0.1, 0.15) is 0 Å². The lowest BCUT2D eigenvalue weighted by molar-refractivity contribution is -0.0198. The predicted molar refractivity (Wildman–Crippen MR) is 60.2 cm³/mol. The molecule has 2 heteroatoms. The number of hydrogen-bond acceptors (Lipinski definition) is 2. The molecule has 2 nitrogen and oxygen atoms in total. The minimum atomic E-state index is 0.104. The molecule has 84 valence electrons. The maximum Gasteiger partial charge on any atom is 0.0631 e. The SMILES string of the molecule is CC(C)C(N)CCC1CCC(C)(C)O1. The van der Waals surface area contributed by atoms with E-state index in [4.69, 9.17) is 10.5 Å². The molecule has 14 heavy (non-hydrogen) atoms. The van der Waals surface area contributed by atoms with Crippen LogP contribution in [0.2, 0.25) is 0 Å². The summed E-state index contributed by atoms with van der Waals surface area (Å²) in [7, 11) is 0. The molecule has 1 aliphatic rings. The van der Waals surface area contributed by atoms with Gasteiger partial charge in [0.15, 0.2) is 0 Å². The van der Waals surface area contributed by atoms with Crippen LogP contribution in [0.25, 0.3) is 0 Å². The van der Waals surface area contributed by atoms with Crippen molar-refractivity contribution in [1.82, 2.24) is 0 Å². The van der Waals surface area contributed by atoms with Crippen LogP contribution < -0.4 is 5.73 Å². The highest BCUT2D eigenvalue weighted by atomic mass is 16.5. The van der Waals surface area contributed by atoms with Gasteiger partial charge in [-0.25, -0.2) is 0 Å². The van der Waals surface area contributed by atoms with Crippen molar-refractivity contribution < 1.29 is 4.74 Å². The number of hydrogen-bond donors (Lipinski definition) is 1. The molecule has 0 aromatic carbocycles. The Labute approximate surface area is 88.2 Å². The van der Waals surface area contributed by atoms with Crippen molar-refractivity contribution in [3.05, 3.63) is 0 Å². The van der Waals surface area contributed by atoms with Gasteiger partial charge in [-0.05, 0) is 45.4 Å². The molecule has 0 saturated carbocycles. The summed E-state index contributed by atoms with van der Waals surface area (Å²) in [6.45, 7) is 8.72. The largest absolute Gasteiger partial charge is 0.372 e.